The Kier molecular flexibility index (Phi) is 3.82. The third kappa shape index (κ3) is 2.80. The number of rotatable bonds is 4. The van der Waals surface area contributed by atoms with Crippen LogP contribution in [0.25, 0.3) is 0 Å². The second kappa shape index (κ2) is 5.28. The van der Waals surface area contributed by atoms with Crippen molar-refractivity contribution in [2.24, 2.45) is 7.05 Å². The first-order valence-electron chi connectivity index (χ1n) is 6.16. The minimum absolute atomic E-state index is 0.0819. The standard InChI is InChI=1S/C13H17N3O4S/c1-8-13(9(2)16(3)14-8)21(18,19)15-11-6-5-10(20-4)7-12(11)17/h5-7,15,17H,1-4H3. The normalized spacial score (nSPS) is 11.4. The molecule has 0 radical (unpaired) electrons. The molecule has 0 spiro atoms. The first-order valence-corrected chi connectivity index (χ1v) is 7.64. The molecule has 2 rings (SSSR count). The zero-order chi connectivity index (χ0) is 15.8. The van der Waals surface area contributed by atoms with Crippen LogP contribution in [0.1, 0.15) is 11.4 Å². The molecule has 0 aliphatic carbocycles. The van der Waals surface area contributed by atoms with E-state index in [-0.39, 0.29) is 16.3 Å². The Labute approximate surface area is 123 Å². The molecular formula is C13H17N3O4S. The van der Waals surface area contributed by atoms with Gasteiger partial charge in [0.25, 0.3) is 10.0 Å². The number of nitrogens with zero attached hydrogens (tertiary/aromatic N) is 2. The van der Waals surface area contributed by atoms with Crippen molar-refractivity contribution >= 4 is 15.7 Å². The molecule has 0 unspecified atom stereocenters. The minimum atomic E-state index is -3.83. The van der Waals surface area contributed by atoms with Crippen molar-refractivity contribution in [3.63, 3.8) is 0 Å². The van der Waals surface area contributed by atoms with Gasteiger partial charge in [0.15, 0.2) is 0 Å². The van der Waals surface area contributed by atoms with Crippen LogP contribution in [-0.4, -0.2) is 30.4 Å². The summed E-state index contributed by atoms with van der Waals surface area (Å²) in [6.45, 7) is 3.29. The molecule has 0 fully saturated rings. The van der Waals surface area contributed by atoms with E-state index in [2.05, 4.69) is 9.82 Å². The van der Waals surface area contributed by atoms with Gasteiger partial charge >= 0.3 is 0 Å². The monoisotopic (exact) mass is 311 g/mol. The summed E-state index contributed by atoms with van der Waals surface area (Å²) in [6, 6.07) is 4.33. The fourth-order valence-corrected chi connectivity index (χ4v) is 3.58. The number of aryl methyl sites for hydroxylation is 2. The second-order valence-electron chi connectivity index (χ2n) is 4.61. The highest BCUT2D eigenvalue weighted by atomic mass is 32.2. The van der Waals surface area contributed by atoms with Crippen LogP contribution in [0.15, 0.2) is 23.1 Å². The summed E-state index contributed by atoms with van der Waals surface area (Å²) < 4.78 is 33.7. The summed E-state index contributed by atoms with van der Waals surface area (Å²) in [5.74, 6) is 0.223. The van der Waals surface area contributed by atoms with E-state index in [0.29, 0.717) is 17.1 Å². The van der Waals surface area contributed by atoms with Crippen LogP contribution in [0.3, 0.4) is 0 Å². The summed E-state index contributed by atoms with van der Waals surface area (Å²) in [4.78, 5) is 0.111. The summed E-state index contributed by atoms with van der Waals surface area (Å²) >= 11 is 0. The van der Waals surface area contributed by atoms with Crippen LogP contribution in [0.5, 0.6) is 11.5 Å². The number of hydrogen-bond acceptors (Lipinski definition) is 5. The maximum absolute atomic E-state index is 12.5. The largest absolute Gasteiger partial charge is 0.506 e. The van der Waals surface area contributed by atoms with Gasteiger partial charge in [-0.15, -0.1) is 0 Å². The van der Waals surface area contributed by atoms with Gasteiger partial charge in [0.1, 0.15) is 16.4 Å². The lowest BCUT2D eigenvalue weighted by Crippen LogP contribution is -2.15. The highest BCUT2D eigenvalue weighted by molar-refractivity contribution is 7.92. The molecule has 2 aromatic rings. The van der Waals surface area contributed by atoms with Crippen LogP contribution < -0.4 is 9.46 Å². The highest BCUT2D eigenvalue weighted by Gasteiger charge is 2.24. The van der Waals surface area contributed by atoms with Gasteiger partial charge in [-0.3, -0.25) is 9.40 Å². The van der Waals surface area contributed by atoms with Crippen molar-refractivity contribution in [3.05, 3.63) is 29.6 Å². The molecule has 0 aliphatic rings. The molecule has 21 heavy (non-hydrogen) atoms. The molecule has 0 atom stereocenters. The van der Waals surface area contributed by atoms with Gasteiger partial charge in [-0.05, 0) is 26.0 Å². The Hall–Kier alpha value is -2.22. The minimum Gasteiger partial charge on any atom is -0.506 e. The van der Waals surface area contributed by atoms with Crippen LogP contribution in [0, 0.1) is 13.8 Å². The summed E-state index contributed by atoms with van der Waals surface area (Å²) in [7, 11) is -0.698. The van der Waals surface area contributed by atoms with E-state index in [1.165, 1.54) is 23.9 Å². The van der Waals surface area contributed by atoms with Gasteiger partial charge in [-0.1, -0.05) is 0 Å². The van der Waals surface area contributed by atoms with E-state index in [0.717, 1.165) is 0 Å². The Morgan fingerprint density at radius 2 is 2.00 bits per heavy atom. The maximum Gasteiger partial charge on any atom is 0.265 e. The van der Waals surface area contributed by atoms with Crippen molar-refractivity contribution in [2.75, 3.05) is 11.8 Å². The topological polar surface area (TPSA) is 93.5 Å². The molecular weight excluding hydrogens is 294 g/mol. The van der Waals surface area contributed by atoms with Crippen molar-refractivity contribution in [3.8, 4) is 11.5 Å². The molecule has 7 nitrogen and oxygen atoms in total. The highest BCUT2D eigenvalue weighted by Crippen LogP contribution is 2.30. The molecule has 8 heteroatoms. The predicted octanol–water partition coefficient (Wildman–Crippen LogP) is 1.55. The smallest absolute Gasteiger partial charge is 0.265 e. The average Bonchev–Trinajstić information content (AvgIpc) is 2.66. The lowest BCUT2D eigenvalue weighted by Gasteiger charge is -2.11. The Balaban J connectivity index is 2.42. The second-order valence-corrected chi connectivity index (χ2v) is 6.23. The number of methoxy groups -OCH3 is 1. The molecule has 1 aromatic heterocycles. The number of nitrogens with one attached hydrogen (secondary N) is 1. The van der Waals surface area contributed by atoms with Crippen molar-refractivity contribution in [1.82, 2.24) is 9.78 Å². The molecule has 2 N–H and O–H groups in total. The number of hydrogen-bond donors (Lipinski definition) is 2. The molecule has 0 saturated carbocycles. The van der Waals surface area contributed by atoms with E-state index < -0.39 is 10.0 Å². The van der Waals surface area contributed by atoms with E-state index in [1.807, 2.05) is 0 Å². The summed E-state index contributed by atoms with van der Waals surface area (Å²) in [6.07, 6.45) is 0. The number of phenolic OH excluding ortho intramolecular Hbond substituents is 1. The van der Waals surface area contributed by atoms with E-state index in [4.69, 9.17) is 4.74 Å². The number of aromatic hydroxyl groups is 1. The summed E-state index contributed by atoms with van der Waals surface area (Å²) in [5.41, 5.74) is 1.00. The fraction of sp³-hybridized carbons (Fsp3) is 0.308. The zero-order valence-corrected chi connectivity index (χ0v) is 13.0. The number of sulfonamides is 1. The third-order valence-corrected chi connectivity index (χ3v) is 4.78. The average molecular weight is 311 g/mol. The molecule has 1 heterocycles. The van der Waals surface area contributed by atoms with Crippen molar-refractivity contribution in [1.29, 1.82) is 0 Å². The molecule has 1 aromatic carbocycles. The van der Waals surface area contributed by atoms with Crippen LogP contribution in [0.2, 0.25) is 0 Å². The lowest BCUT2D eigenvalue weighted by atomic mass is 10.3. The van der Waals surface area contributed by atoms with Crippen molar-refractivity contribution in [2.45, 2.75) is 18.7 Å². The van der Waals surface area contributed by atoms with Crippen molar-refractivity contribution < 1.29 is 18.3 Å². The predicted molar refractivity (Wildman–Crippen MR) is 78.1 cm³/mol. The number of ether oxygens (including phenoxy) is 1. The summed E-state index contributed by atoms with van der Waals surface area (Å²) in [5, 5.41) is 13.9. The van der Waals surface area contributed by atoms with E-state index in [9.17, 15) is 13.5 Å². The number of phenols is 1. The molecule has 0 aliphatic heterocycles. The zero-order valence-electron chi connectivity index (χ0n) is 12.2. The van der Waals surface area contributed by atoms with Gasteiger partial charge in [-0.25, -0.2) is 8.42 Å². The molecule has 0 bridgehead atoms. The molecule has 114 valence electrons. The van der Waals surface area contributed by atoms with Crippen LogP contribution in [0.4, 0.5) is 5.69 Å². The van der Waals surface area contributed by atoms with Gasteiger partial charge in [0.05, 0.1) is 24.2 Å². The lowest BCUT2D eigenvalue weighted by molar-refractivity contribution is 0.408. The quantitative estimate of drug-likeness (QED) is 0.836. The number of aromatic nitrogens is 2. The Morgan fingerprint density at radius 1 is 1.33 bits per heavy atom. The van der Waals surface area contributed by atoms with Gasteiger partial charge in [0.2, 0.25) is 0 Å². The molecule has 0 saturated heterocycles. The Bertz CT molecular complexity index is 781. The van der Waals surface area contributed by atoms with E-state index >= 15 is 0 Å². The van der Waals surface area contributed by atoms with E-state index in [1.54, 1.807) is 27.0 Å². The fourth-order valence-electron chi connectivity index (χ4n) is 2.06. The SMILES string of the molecule is COc1ccc(NS(=O)(=O)c2c(C)nn(C)c2C)c(O)c1. The van der Waals surface area contributed by atoms with Gasteiger partial charge in [-0.2, -0.15) is 5.10 Å². The van der Waals surface area contributed by atoms with Gasteiger partial charge < -0.3 is 9.84 Å². The number of benzene rings is 1. The third-order valence-electron chi connectivity index (χ3n) is 3.16. The Morgan fingerprint density at radius 3 is 2.48 bits per heavy atom. The first kappa shape index (κ1) is 15.2. The van der Waals surface area contributed by atoms with Crippen LogP contribution in [-0.2, 0) is 17.1 Å². The first-order chi connectivity index (χ1) is 9.76. The maximum atomic E-state index is 12.5. The van der Waals surface area contributed by atoms with Gasteiger partial charge in [0, 0.05) is 13.1 Å². The number of anilines is 1. The molecule has 0 amide bonds. The van der Waals surface area contributed by atoms with Crippen LogP contribution >= 0.6 is 0 Å².